The smallest absolute Gasteiger partial charge is 0.338 e. The minimum Gasteiger partial charge on any atom is -0.454 e. The van der Waals surface area contributed by atoms with E-state index >= 15 is 0 Å². The first kappa shape index (κ1) is 20.8. The molecule has 0 aromatic heterocycles. The average Bonchev–Trinajstić information content (AvgIpc) is 2.56. The third-order valence-corrected chi connectivity index (χ3v) is 2.86. The first-order valence-electron chi connectivity index (χ1n) is 7.55. The van der Waals surface area contributed by atoms with Crippen LogP contribution in [0.5, 0.6) is 0 Å². The van der Waals surface area contributed by atoms with Crippen molar-refractivity contribution in [3.63, 3.8) is 0 Å². The van der Waals surface area contributed by atoms with Gasteiger partial charge in [0.2, 0.25) is 0 Å². The summed E-state index contributed by atoms with van der Waals surface area (Å²) in [6.45, 7) is 6.63. The molecule has 0 heterocycles. The average molecular weight is 361 g/mol. The van der Waals surface area contributed by atoms with Crippen LogP contribution in [0.2, 0.25) is 0 Å². The lowest BCUT2D eigenvalue weighted by Crippen LogP contribution is -2.17. The van der Waals surface area contributed by atoms with Crippen LogP contribution in [0.25, 0.3) is 0 Å². The number of benzene rings is 1. The number of hydrogen-bond donors (Lipinski definition) is 1. The Kier molecular flexibility index (Phi) is 7.39. The second-order valence-corrected chi connectivity index (χ2v) is 5.59. The molecule has 26 heavy (non-hydrogen) atoms. The highest BCUT2D eigenvalue weighted by Crippen LogP contribution is 2.18. The molecular weight excluding hydrogens is 342 g/mol. The summed E-state index contributed by atoms with van der Waals surface area (Å²) in [6, 6.07) is 3.75. The number of hydrogen-bond acceptors (Lipinski definition) is 7. The fourth-order valence-corrected chi connectivity index (χ4v) is 1.67. The summed E-state index contributed by atoms with van der Waals surface area (Å²) >= 11 is 0. The van der Waals surface area contributed by atoms with Gasteiger partial charge < -0.3 is 14.8 Å². The van der Waals surface area contributed by atoms with E-state index < -0.39 is 31.1 Å². The van der Waals surface area contributed by atoms with Crippen molar-refractivity contribution in [3.05, 3.63) is 41.5 Å². The van der Waals surface area contributed by atoms with Gasteiger partial charge in [-0.1, -0.05) is 6.58 Å². The predicted octanol–water partition coefficient (Wildman–Crippen LogP) is 1.69. The number of amides is 1. The van der Waals surface area contributed by atoms with E-state index in [1.165, 1.54) is 39.0 Å². The number of carbonyl (C=O) groups excluding carboxylic acids is 5. The standard InChI is InChI=1S/C18H19NO7/c1-10(2)16(22)19-15-6-13(17(23)25-8-11(3)20)5-14(7-15)18(24)26-9-12(4)21/h5-7H,1,8-9H2,2-4H3,(H,19,22). The highest BCUT2D eigenvalue weighted by atomic mass is 16.5. The number of carbonyl (C=O) groups is 5. The molecule has 0 radical (unpaired) electrons. The molecule has 138 valence electrons. The molecule has 8 nitrogen and oxygen atoms in total. The quantitative estimate of drug-likeness (QED) is 0.553. The highest BCUT2D eigenvalue weighted by molar-refractivity contribution is 6.05. The number of ether oxygens (including phenoxy) is 2. The number of nitrogens with one attached hydrogen (secondary N) is 1. The van der Waals surface area contributed by atoms with Crippen molar-refractivity contribution in [3.8, 4) is 0 Å². The first-order chi connectivity index (χ1) is 12.1. The van der Waals surface area contributed by atoms with Gasteiger partial charge in [-0.25, -0.2) is 9.59 Å². The lowest BCUT2D eigenvalue weighted by molar-refractivity contribution is -0.120. The number of ketones is 2. The molecule has 0 unspecified atom stereocenters. The molecule has 8 heteroatoms. The zero-order valence-electron chi connectivity index (χ0n) is 14.7. The number of Topliss-reactive ketones (excluding diaryl/α,β-unsaturated/α-hetero) is 2. The minimum absolute atomic E-state index is 0.0689. The second-order valence-electron chi connectivity index (χ2n) is 5.59. The van der Waals surface area contributed by atoms with Crippen molar-refractivity contribution in [2.24, 2.45) is 0 Å². The van der Waals surface area contributed by atoms with Crippen molar-refractivity contribution in [2.45, 2.75) is 20.8 Å². The summed E-state index contributed by atoms with van der Waals surface area (Å²) in [7, 11) is 0. The van der Waals surface area contributed by atoms with Crippen LogP contribution in [-0.4, -0.2) is 42.6 Å². The SMILES string of the molecule is C=C(C)C(=O)Nc1cc(C(=O)OCC(C)=O)cc(C(=O)OCC(C)=O)c1. The van der Waals surface area contributed by atoms with Crippen molar-refractivity contribution < 1.29 is 33.4 Å². The Morgan fingerprint density at radius 1 is 0.846 bits per heavy atom. The fraction of sp³-hybridized carbons (Fsp3) is 0.278. The van der Waals surface area contributed by atoms with Gasteiger partial charge >= 0.3 is 11.9 Å². The third-order valence-electron chi connectivity index (χ3n) is 2.86. The van der Waals surface area contributed by atoms with E-state index in [-0.39, 0.29) is 34.0 Å². The van der Waals surface area contributed by atoms with Gasteiger partial charge in [0, 0.05) is 11.3 Å². The summed E-state index contributed by atoms with van der Waals surface area (Å²) in [6.07, 6.45) is 0. The lowest BCUT2D eigenvalue weighted by atomic mass is 10.1. The van der Waals surface area contributed by atoms with Crippen molar-refractivity contribution in [1.29, 1.82) is 0 Å². The molecule has 1 aromatic carbocycles. The molecule has 0 fully saturated rings. The molecule has 0 bridgehead atoms. The molecule has 0 spiro atoms. The summed E-state index contributed by atoms with van der Waals surface area (Å²) in [5.41, 5.74) is 0.210. The summed E-state index contributed by atoms with van der Waals surface area (Å²) in [4.78, 5) is 57.8. The molecule has 1 rings (SSSR count). The molecule has 0 aliphatic carbocycles. The molecule has 1 N–H and O–H groups in total. The molecule has 0 saturated carbocycles. The topological polar surface area (TPSA) is 116 Å². The van der Waals surface area contributed by atoms with E-state index in [1.807, 2.05) is 0 Å². The Balaban J connectivity index is 3.16. The van der Waals surface area contributed by atoms with Gasteiger partial charge in [0.1, 0.15) is 13.2 Å². The minimum atomic E-state index is -0.854. The number of esters is 2. The van der Waals surface area contributed by atoms with Crippen molar-refractivity contribution in [2.75, 3.05) is 18.5 Å². The van der Waals surface area contributed by atoms with Gasteiger partial charge in [0.25, 0.3) is 5.91 Å². The highest BCUT2D eigenvalue weighted by Gasteiger charge is 2.17. The van der Waals surface area contributed by atoms with Gasteiger partial charge in [-0.3, -0.25) is 14.4 Å². The summed E-state index contributed by atoms with van der Waals surface area (Å²) < 4.78 is 9.61. The Bertz CT molecular complexity index is 731. The Morgan fingerprint density at radius 2 is 1.27 bits per heavy atom. The second kappa shape index (κ2) is 9.26. The Labute approximate surface area is 150 Å². The molecule has 0 aliphatic rings. The number of rotatable bonds is 8. The molecule has 0 saturated heterocycles. The fourth-order valence-electron chi connectivity index (χ4n) is 1.67. The van der Waals surface area contributed by atoms with E-state index in [2.05, 4.69) is 11.9 Å². The van der Waals surface area contributed by atoms with Gasteiger partial charge in [-0.05, 0) is 39.0 Å². The van der Waals surface area contributed by atoms with E-state index in [0.717, 1.165) is 0 Å². The zero-order chi connectivity index (χ0) is 19.9. The maximum absolute atomic E-state index is 12.1. The van der Waals surface area contributed by atoms with Crippen LogP contribution < -0.4 is 5.32 Å². The Morgan fingerprint density at radius 3 is 1.62 bits per heavy atom. The Hall–Kier alpha value is -3.29. The molecular formula is C18H19NO7. The van der Waals surface area contributed by atoms with E-state index in [1.54, 1.807) is 0 Å². The first-order valence-corrected chi connectivity index (χ1v) is 7.55. The predicted molar refractivity (Wildman–Crippen MR) is 91.8 cm³/mol. The van der Waals surface area contributed by atoms with Crippen LogP contribution in [0.15, 0.2) is 30.4 Å². The molecule has 1 amide bonds. The monoisotopic (exact) mass is 361 g/mol. The molecule has 0 atom stereocenters. The van der Waals surface area contributed by atoms with Crippen LogP contribution in [0.1, 0.15) is 41.5 Å². The largest absolute Gasteiger partial charge is 0.454 e. The third kappa shape index (κ3) is 6.68. The van der Waals surface area contributed by atoms with Crippen LogP contribution in [0.3, 0.4) is 0 Å². The number of anilines is 1. The van der Waals surface area contributed by atoms with Crippen molar-refractivity contribution in [1.82, 2.24) is 0 Å². The van der Waals surface area contributed by atoms with Crippen molar-refractivity contribution >= 4 is 35.1 Å². The van der Waals surface area contributed by atoms with Gasteiger partial charge in [0.05, 0.1) is 11.1 Å². The van der Waals surface area contributed by atoms with Gasteiger partial charge in [-0.2, -0.15) is 0 Å². The summed E-state index contributed by atoms with van der Waals surface area (Å²) in [5, 5.41) is 2.47. The van der Waals surface area contributed by atoms with E-state index in [0.29, 0.717) is 0 Å². The molecule has 0 aliphatic heterocycles. The van der Waals surface area contributed by atoms with Crippen LogP contribution in [-0.2, 0) is 23.9 Å². The zero-order valence-corrected chi connectivity index (χ0v) is 14.7. The maximum Gasteiger partial charge on any atom is 0.338 e. The van der Waals surface area contributed by atoms with Crippen LogP contribution in [0, 0.1) is 0 Å². The van der Waals surface area contributed by atoms with Crippen LogP contribution >= 0.6 is 0 Å². The van der Waals surface area contributed by atoms with Gasteiger partial charge in [0.15, 0.2) is 11.6 Å². The van der Waals surface area contributed by atoms with Gasteiger partial charge in [-0.15, -0.1) is 0 Å². The maximum atomic E-state index is 12.1. The normalized spacial score (nSPS) is 9.81. The lowest BCUT2D eigenvalue weighted by Gasteiger charge is -2.10. The van der Waals surface area contributed by atoms with E-state index in [4.69, 9.17) is 9.47 Å². The van der Waals surface area contributed by atoms with E-state index in [9.17, 15) is 24.0 Å². The molecule has 1 aromatic rings. The summed E-state index contributed by atoms with van der Waals surface area (Å²) in [5.74, 6) is -2.93. The van der Waals surface area contributed by atoms with Crippen LogP contribution in [0.4, 0.5) is 5.69 Å².